The van der Waals surface area contributed by atoms with Gasteiger partial charge in [0.05, 0.1) is 11.5 Å². The van der Waals surface area contributed by atoms with E-state index in [1.807, 2.05) is 43.3 Å². The molecular formula is C13H19N3OS. The number of thiocarbonyl (C=S) groups is 1. The van der Waals surface area contributed by atoms with Crippen molar-refractivity contribution in [2.45, 2.75) is 12.8 Å². The number of carbonyl (C=O) groups excluding carboxylic acids is 1. The number of nitrogens with zero attached hydrogens (tertiary/aromatic N) is 1. The normalized spacial score (nSPS) is 9.89. The van der Waals surface area contributed by atoms with Crippen molar-refractivity contribution >= 4 is 28.8 Å². The highest BCUT2D eigenvalue weighted by Crippen LogP contribution is 2.13. The van der Waals surface area contributed by atoms with Crippen LogP contribution in [0.15, 0.2) is 24.3 Å². The fourth-order valence-corrected chi connectivity index (χ4v) is 1.56. The van der Waals surface area contributed by atoms with Crippen LogP contribution in [-0.4, -0.2) is 31.5 Å². The van der Waals surface area contributed by atoms with Gasteiger partial charge < -0.3 is 16.0 Å². The molecule has 3 N–H and O–H groups in total. The average Bonchev–Trinajstić information content (AvgIpc) is 2.34. The monoisotopic (exact) mass is 265 g/mol. The van der Waals surface area contributed by atoms with Gasteiger partial charge in [0.1, 0.15) is 0 Å². The first kappa shape index (κ1) is 14.4. The highest BCUT2D eigenvalue weighted by molar-refractivity contribution is 7.80. The Bertz CT molecular complexity index is 415. The Balaban J connectivity index is 2.39. The van der Waals surface area contributed by atoms with Crippen LogP contribution in [-0.2, 0) is 11.2 Å². The van der Waals surface area contributed by atoms with Gasteiger partial charge in [0.15, 0.2) is 0 Å². The minimum absolute atomic E-state index is 0.0283. The number of aryl methyl sites for hydroxylation is 1. The van der Waals surface area contributed by atoms with E-state index in [1.165, 1.54) is 0 Å². The van der Waals surface area contributed by atoms with Crippen LogP contribution in [0.3, 0.4) is 0 Å². The fraction of sp³-hybridized carbons (Fsp3) is 0.385. The Morgan fingerprint density at radius 2 is 1.94 bits per heavy atom. The standard InChI is InChI=1S/C13H19N3OS/c1-16(2)11-6-3-10(4-7-11)5-8-13(17)15-9-12(14)18/h3-4,6-7H,5,8-9H2,1-2H3,(H2,14,18)(H,15,17). The number of benzene rings is 1. The molecule has 1 aromatic carbocycles. The molecular weight excluding hydrogens is 246 g/mol. The Kier molecular flexibility index (Phi) is 5.58. The average molecular weight is 265 g/mol. The molecule has 4 nitrogen and oxygen atoms in total. The van der Waals surface area contributed by atoms with Crippen LogP contribution in [0.25, 0.3) is 0 Å². The van der Waals surface area contributed by atoms with Gasteiger partial charge in [0.25, 0.3) is 0 Å². The lowest BCUT2D eigenvalue weighted by Crippen LogP contribution is -2.32. The molecule has 0 aliphatic carbocycles. The summed E-state index contributed by atoms with van der Waals surface area (Å²) in [6.45, 7) is 0.272. The van der Waals surface area contributed by atoms with Gasteiger partial charge in [-0.25, -0.2) is 0 Å². The third-order valence-electron chi connectivity index (χ3n) is 2.55. The summed E-state index contributed by atoms with van der Waals surface area (Å²) >= 11 is 4.69. The van der Waals surface area contributed by atoms with Crippen molar-refractivity contribution < 1.29 is 4.79 Å². The topological polar surface area (TPSA) is 58.4 Å². The molecule has 0 heterocycles. The Hall–Kier alpha value is -1.62. The maximum Gasteiger partial charge on any atom is 0.220 e. The van der Waals surface area contributed by atoms with E-state index in [1.54, 1.807) is 0 Å². The molecule has 5 heteroatoms. The van der Waals surface area contributed by atoms with Crippen LogP contribution in [0.4, 0.5) is 5.69 Å². The lowest BCUT2D eigenvalue weighted by molar-refractivity contribution is -0.120. The van der Waals surface area contributed by atoms with Crippen molar-refractivity contribution in [2.24, 2.45) is 5.73 Å². The lowest BCUT2D eigenvalue weighted by Gasteiger charge is -2.12. The molecule has 0 saturated heterocycles. The largest absolute Gasteiger partial charge is 0.392 e. The molecule has 0 aliphatic heterocycles. The molecule has 1 amide bonds. The van der Waals surface area contributed by atoms with Crippen molar-refractivity contribution in [1.82, 2.24) is 5.32 Å². The molecule has 0 saturated carbocycles. The van der Waals surface area contributed by atoms with Crippen molar-refractivity contribution in [1.29, 1.82) is 0 Å². The summed E-state index contributed by atoms with van der Waals surface area (Å²) < 4.78 is 0. The number of hydrogen-bond acceptors (Lipinski definition) is 3. The predicted molar refractivity (Wildman–Crippen MR) is 78.9 cm³/mol. The molecule has 0 unspecified atom stereocenters. The SMILES string of the molecule is CN(C)c1ccc(CCC(=O)NCC(N)=S)cc1. The Morgan fingerprint density at radius 3 is 2.44 bits per heavy atom. The quantitative estimate of drug-likeness (QED) is 0.756. The zero-order valence-electron chi connectivity index (χ0n) is 10.8. The first-order valence-electron chi connectivity index (χ1n) is 5.80. The van der Waals surface area contributed by atoms with Crippen molar-refractivity contribution in [3.63, 3.8) is 0 Å². The van der Waals surface area contributed by atoms with Gasteiger partial charge in [-0.1, -0.05) is 24.4 Å². The van der Waals surface area contributed by atoms with E-state index in [2.05, 4.69) is 17.5 Å². The Labute approximate surface area is 113 Å². The third kappa shape index (κ3) is 5.14. The smallest absolute Gasteiger partial charge is 0.220 e. The molecule has 0 bridgehead atoms. The molecule has 1 rings (SSSR count). The molecule has 0 aromatic heterocycles. The van der Waals surface area contributed by atoms with Gasteiger partial charge in [0.2, 0.25) is 5.91 Å². The molecule has 1 aromatic rings. The fourth-order valence-electron chi connectivity index (χ4n) is 1.49. The van der Waals surface area contributed by atoms with Gasteiger partial charge in [-0.2, -0.15) is 0 Å². The number of carbonyl (C=O) groups is 1. The van der Waals surface area contributed by atoms with Crippen molar-refractivity contribution in [3.8, 4) is 0 Å². The van der Waals surface area contributed by atoms with Gasteiger partial charge in [-0.3, -0.25) is 4.79 Å². The van der Waals surface area contributed by atoms with Gasteiger partial charge in [-0.05, 0) is 24.1 Å². The molecule has 0 aliphatic rings. The lowest BCUT2D eigenvalue weighted by atomic mass is 10.1. The van der Waals surface area contributed by atoms with E-state index < -0.39 is 0 Å². The second-order valence-electron chi connectivity index (χ2n) is 4.30. The summed E-state index contributed by atoms with van der Waals surface area (Å²) in [5.74, 6) is -0.0283. The second-order valence-corrected chi connectivity index (χ2v) is 4.83. The maximum atomic E-state index is 11.5. The summed E-state index contributed by atoms with van der Waals surface area (Å²) in [5.41, 5.74) is 7.60. The zero-order valence-corrected chi connectivity index (χ0v) is 11.6. The molecule has 98 valence electrons. The number of nitrogens with one attached hydrogen (secondary N) is 1. The van der Waals surface area contributed by atoms with Crippen LogP contribution in [0.1, 0.15) is 12.0 Å². The minimum Gasteiger partial charge on any atom is -0.392 e. The summed E-state index contributed by atoms with van der Waals surface area (Å²) in [5, 5.41) is 2.67. The number of anilines is 1. The van der Waals surface area contributed by atoms with Gasteiger partial charge >= 0.3 is 0 Å². The van der Waals surface area contributed by atoms with E-state index >= 15 is 0 Å². The summed E-state index contributed by atoms with van der Waals surface area (Å²) in [7, 11) is 4.00. The third-order valence-corrected chi connectivity index (χ3v) is 2.70. The number of hydrogen-bond donors (Lipinski definition) is 2. The number of amides is 1. The molecule has 18 heavy (non-hydrogen) atoms. The Morgan fingerprint density at radius 1 is 1.33 bits per heavy atom. The van der Waals surface area contributed by atoms with Gasteiger partial charge in [-0.15, -0.1) is 0 Å². The summed E-state index contributed by atoms with van der Waals surface area (Å²) in [4.78, 5) is 13.8. The second kappa shape index (κ2) is 6.96. The number of rotatable bonds is 6. The van der Waals surface area contributed by atoms with Crippen LogP contribution in [0, 0.1) is 0 Å². The van der Waals surface area contributed by atoms with Crippen LogP contribution in [0.5, 0.6) is 0 Å². The number of nitrogens with two attached hydrogens (primary N) is 1. The van der Waals surface area contributed by atoms with Crippen LogP contribution < -0.4 is 16.0 Å². The van der Waals surface area contributed by atoms with E-state index in [9.17, 15) is 4.79 Å². The maximum absolute atomic E-state index is 11.5. The minimum atomic E-state index is -0.0283. The molecule has 0 atom stereocenters. The highest BCUT2D eigenvalue weighted by atomic mass is 32.1. The van der Waals surface area contributed by atoms with E-state index in [0.717, 1.165) is 17.7 Å². The van der Waals surface area contributed by atoms with E-state index in [4.69, 9.17) is 5.73 Å². The van der Waals surface area contributed by atoms with E-state index in [-0.39, 0.29) is 12.5 Å². The van der Waals surface area contributed by atoms with Crippen LogP contribution >= 0.6 is 12.2 Å². The van der Waals surface area contributed by atoms with Crippen molar-refractivity contribution in [2.75, 3.05) is 25.5 Å². The van der Waals surface area contributed by atoms with Gasteiger partial charge in [0, 0.05) is 26.2 Å². The van der Waals surface area contributed by atoms with Crippen LogP contribution in [0.2, 0.25) is 0 Å². The molecule has 0 fully saturated rings. The summed E-state index contributed by atoms with van der Waals surface area (Å²) in [6, 6.07) is 8.16. The van der Waals surface area contributed by atoms with Crippen molar-refractivity contribution in [3.05, 3.63) is 29.8 Å². The zero-order chi connectivity index (χ0) is 13.5. The first-order valence-corrected chi connectivity index (χ1v) is 6.21. The molecule has 0 radical (unpaired) electrons. The van der Waals surface area contributed by atoms with E-state index in [0.29, 0.717) is 11.4 Å². The first-order chi connectivity index (χ1) is 8.49. The molecule has 0 spiro atoms. The summed E-state index contributed by atoms with van der Waals surface area (Å²) in [6.07, 6.45) is 1.17. The predicted octanol–water partition coefficient (Wildman–Crippen LogP) is 1.09. The highest BCUT2D eigenvalue weighted by Gasteiger charge is 2.03.